The highest BCUT2D eigenvalue weighted by molar-refractivity contribution is 5.88. The fourth-order valence-corrected chi connectivity index (χ4v) is 3.55. The van der Waals surface area contributed by atoms with E-state index in [1.807, 2.05) is 0 Å². The maximum atomic E-state index is 13.2. The van der Waals surface area contributed by atoms with Crippen LogP contribution in [0.5, 0.6) is 0 Å². The number of carboxylic acid groups (broad SMARTS) is 1. The van der Waals surface area contributed by atoms with E-state index in [9.17, 15) is 14.3 Å². The Morgan fingerprint density at radius 2 is 2.09 bits per heavy atom. The average Bonchev–Trinajstić information content (AvgIpc) is 2.39. The second-order valence-electron chi connectivity index (χ2n) is 6.32. The molecule has 1 saturated carbocycles. The summed E-state index contributed by atoms with van der Waals surface area (Å²) in [5.74, 6) is 0.0919. The van der Waals surface area contributed by atoms with Gasteiger partial charge >= 0.3 is 6.09 Å². The van der Waals surface area contributed by atoms with Gasteiger partial charge in [0.2, 0.25) is 0 Å². The molecule has 1 aliphatic carbocycles. The third-order valence-corrected chi connectivity index (χ3v) is 4.79. The zero-order valence-corrected chi connectivity index (χ0v) is 11.9. The molecule has 0 bridgehead atoms. The Kier molecular flexibility index (Phi) is 2.84. The molecule has 5 nitrogen and oxygen atoms in total. The van der Waals surface area contributed by atoms with Gasteiger partial charge in [-0.2, -0.15) is 0 Å². The lowest BCUT2D eigenvalue weighted by Crippen LogP contribution is -2.66. The molecule has 0 radical (unpaired) electrons. The monoisotopic (exact) mass is 301 g/mol. The predicted octanol–water partition coefficient (Wildman–Crippen LogP) is 2.61. The van der Waals surface area contributed by atoms with Gasteiger partial charge in [0.15, 0.2) is 0 Å². The summed E-state index contributed by atoms with van der Waals surface area (Å²) in [4.78, 5) is 17.4. The minimum atomic E-state index is -0.985. The molecule has 114 valence electrons. The first kappa shape index (κ1) is 13.5. The zero-order valence-electron chi connectivity index (χ0n) is 11.9. The molecule has 6 heteroatoms. The molecule has 22 heavy (non-hydrogen) atoms. The number of anilines is 1. The van der Waals surface area contributed by atoms with Crippen LogP contribution in [-0.2, 0) is 0 Å². The topological polar surface area (TPSA) is 65.5 Å². The van der Waals surface area contributed by atoms with Crippen molar-refractivity contribution < 1.29 is 14.3 Å². The fourth-order valence-electron chi connectivity index (χ4n) is 3.55. The first-order valence-electron chi connectivity index (χ1n) is 7.36. The zero-order chi connectivity index (χ0) is 15.3. The quantitative estimate of drug-likeness (QED) is 0.895. The Balaban J connectivity index is 1.65. The molecule has 2 heterocycles. The summed E-state index contributed by atoms with van der Waals surface area (Å²) < 4.78 is 13.2. The Morgan fingerprint density at radius 1 is 1.32 bits per heavy atom. The minimum absolute atomic E-state index is 0.0231. The minimum Gasteiger partial charge on any atom is -0.465 e. The van der Waals surface area contributed by atoms with Crippen LogP contribution in [0.4, 0.5) is 15.0 Å². The van der Waals surface area contributed by atoms with Crippen molar-refractivity contribution in [3.8, 4) is 0 Å². The summed E-state index contributed by atoms with van der Waals surface area (Å²) in [6.45, 7) is 1.95. The van der Waals surface area contributed by atoms with E-state index in [1.54, 1.807) is 18.2 Å². The summed E-state index contributed by atoms with van der Waals surface area (Å²) in [6, 6.07) is 7.66. The molecule has 1 saturated heterocycles. The first-order chi connectivity index (χ1) is 10.6. The van der Waals surface area contributed by atoms with Gasteiger partial charge in [0.1, 0.15) is 11.6 Å². The lowest BCUT2D eigenvalue weighted by Gasteiger charge is -2.56. The number of rotatable bonds is 2. The van der Waals surface area contributed by atoms with E-state index in [4.69, 9.17) is 0 Å². The van der Waals surface area contributed by atoms with Crippen LogP contribution < -0.4 is 10.2 Å². The molecule has 2 fully saturated rings. The molecule has 1 aromatic heterocycles. The van der Waals surface area contributed by atoms with Crippen LogP contribution in [0.1, 0.15) is 12.8 Å². The number of nitrogens with one attached hydrogen (secondary N) is 1. The highest BCUT2D eigenvalue weighted by atomic mass is 19.1. The van der Waals surface area contributed by atoms with E-state index < -0.39 is 6.09 Å². The van der Waals surface area contributed by atoms with E-state index in [-0.39, 0.29) is 11.9 Å². The molecule has 0 atom stereocenters. The Labute approximate surface area is 126 Å². The number of pyridine rings is 1. The van der Waals surface area contributed by atoms with Crippen molar-refractivity contribution in [2.24, 2.45) is 5.41 Å². The highest BCUT2D eigenvalue weighted by Gasteiger charge is 2.51. The van der Waals surface area contributed by atoms with Gasteiger partial charge in [-0.05, 0) is 48.6 Å². The third kappa shape index (κ3) is 2.02. The number of hydrogen-bond acceptors (Lipinski definition) is 3. The van der Waals surface area contributed by atoms with Crippen LogP contribution in [0.3, 0.4) is 0 Å². The Hall–Kier alpha value is -2.21. The molecule has 2 aliphatic rings. The predicted molar refractivity (Wildman–Crippen MR) is 80.5 cm³/mol. The van der Waals surface area contributed by atoms with Crippen molar-refractivity contribution in [1.29, 1.82) is 0 Å². The summed E-state index contributed by atoms with van der Waals surface area (Å²) in [5.41, 5.74) is 0.891. The van der Waals surface area contributed by atoms with E-state index in [0.29, 0.717) is 22.1 Å². The SMILES string of the molecule is O=C(O)N(c1ccc2cc(F)ccc2n1)C1CC2(CNC2)C1. The number of amides is 1. The van der Waals surface area contributed by atoms with E-state index in [0.717, 1.165) is 25.9 Å². The summed E-state index contributed by atoms with van der Waals surface area (Å²) in [5, 5.41) is 13.5. The molecule has 4 rings (SSSR count). The number of fused-ring (bicyclic) bond motifs is 1. The lowest BCUT2D eigenvalue weighted by molar-refractivity contribution is 0.0356. The highest BCUT2D eigenvalue weighted by Crippen LogP contribution is 2.47. The lowest BCUT2D eigenvalue weighted by atomic mass is 9.61. The number of benzene rings is 1. The number of hydrogen-bond donors (Lipinski definition) is 2. The molecule has 1 amide bonds. The van der Waals surface area contributed by atoms with Gasteiger partial charge < -0.3 is 10.4 Å². The van der Waals surface area contributed by atoms with Crippen LogP contribution in [0.25, 0.3) is 10.9 Å². The van der Waals surface area contributed by atoms with Crippen LogP contribution in [0.15, 0.2) is 30.3 Å². The fraction of sp³-hybridized carbons (Fsp3) is 0.375. The molecular weight excluding hydrogens is 285 g/mol. The van der Waals surface area contributed by atoms with E-state index >= 15 is 0 Å². The van der Waals surface area contributed by atoms with Gasteiger partial charge in [0.05, 0.1) is 5.52 Å². The number of aromatic nitrogens is 1. The second kappa shape index (κ2) is 4.64. The van der Waals surface area contributed by atoms with Gasteiger partial charge in [0.25, 0.3) is 0 Å². The summed E-state index contributed by atoms with van der Waals surface area (Å²) in [6.07, 6.45) is 0.756. The van der Waals surface area contributed by atoms with Gasteiger partial charge in [-0.3, -0.25) is 4.90 Å². The largest absolute Gasteiger partial charge is 0.465 e. The maximum absolute atomic E-state index is 13.2. The Morgan fingerprint density at radius 3 is 2.73 bits per heavy atom. The van der Waals surface area contributed by atoms with Crippen molar-refractivity contribution in [3.63, 3.8) is 0 Å². The first-order valence-corrected chi connectivity index (χ1v) is 7.36. The third-order valence-electron chi connectivity index (χ3n) is 4.79. The number of nitrogens with zero attached hydrogens (tertiary/aromatic N) is 2. The standard InChI is InChI=1S/C16H16FN3O2/c17-11-2-3-13-10(5-11)1-4-14(19-13)20(15(21)22)12-6-16(7-12)8-18-9-16/h1-5,12,18H,6-9H2,(H,21,22). The van der Waals surface area contributed by atoms with Crippen LogP contribution >= 0.6 is 0 Å². The Bertz CT molecular complexity index is 752. The van der Waals surface area contributed by atoms with E-state index in [1.165, 1.54) is 17.0 Å². The van der Waals surface area contributed by atoms with Crippen LogP contribution in [-0.4, -0.2) is 35.3 Å². The summed E-state index contributed by atoms with van der Waals surface area (Å²) in [7, 11) is 0. The van der Waals surface area contributed by atoms with Gasteiger partial charge in [-0.25, -0.2) is 14.2 Å². The van der Waals surface area contributed by atoms with Crippen molar-refractivity contribution in [2.75, 3.05) is 18.0 Å². The van der Waals surface area contributed by atoms with Crippen molar-refractivity contribution >= 4 is 22.8 Å². The smallest absolute Gasteiger partial charge is 0.413 e. The molecule has 2 N–H and O–H groups in total. The number of carbonyl (C=O) groups is 1. The molecule has 0 unspecified atom stereocenters. The van der Waals surface area contributed by atoms with Crippen molar-refractivity contribution in [3.05, 3.63) is 36.1 Å². The average molecular weight is 301 g/mol. The molecule has 1 spiro atoms. The molecule has 1 aromatic carbocycles. The van der Waals surface area contributed by atoms with Crippen LogP contribution in [0.2, 0.25) is 0 Å². The molecular formula is C16H16FN3O2. The second-order valence-corrected chi connectivity index (χ2v) is 6.32. The number of halogens is 1. The van der Waals surface area contributed by atoms with Gasteiger partial charge in [0, 0.05) is 24.5 Å². The van der Waals surface area contributed by atoms with Crippen molar-refractivity contribution in [1.82, 2.24) is 10.3 Å². The summed E-state index contributed by atoms with van der Waals surface area (Å²) >= 11 is 0. The van der Waals surface area contributed by atoms with Gasteiger partial charge in [-0.15, -0.1) is 0 Å². The van der Waals surface area contributed by atoms with E-state index in [2.05, 4.69) is 10.3 Å². The van der Waals surface area contributed by atoms with Crippen LogP contribution in [0, 0.1) is 11.2 Å². The molecule has 2 aromatic rings. The maximum Gasteiger partial charge on any atom is 0.413 e. The van der Waals surface area contributed by atoms with Crippen molar-refractivity contribution in [2.45, 2.75) is 18.9 Å². The molecule has 1 aliphatic heterocycles. The normalized spacial score (nSPS) is 19.7. The van der Waals surface area contributed by atoms with Gasteiger partial charge in [-0.1, -0.05) is 0 Å².